The predicted octanol–water partition coefficient (Wildman–Crippen LogP) is 6.57. The second-order valence-electron chi connectivity index (χ2n) is 8.93. The minimum absolute atomic E-state index is 0.186. The summed E-state index contributed by atoms with van der Waals surface area (Å²) in [5.41, 5.74) is -8.82. The molecule has 0 amide bonds. The maximum absolute atomic E-state index is 14.3. The van der Waals surface area contributed by atoms with Gasteiger partial charge in [0.2, 0.25) is 0 Å². The number of carbonyl (C=O) groups excluding carboxylic acids is 2. The van der Waals surface area contributed by atoms with Crippen LogP contribution in [-0.4, -0.2) is 47.5 Å². The minimum atomic E-state index is -5.34. The SMILES string of the molecule is CCOC(=O)/C(=C1\c2cc(F)ccc2-c2nc3c(nc21)-c1ccc(F)cc1/C3=C(/C(=O)OCC)C(F)(F)F)C(F)(F)F. The van der Waals surface area contributed by atoms with E-state index in [0.29, 0.717) is 12.1 Å². The van der Waals surface area contributed by atoms with E-state index >= 15 is 0 Å². The second kappa shape index (κ2) is 10.0. The number of aromatic nitrogens is 2. The molecule has 0 aliphatic heterocycles. The molecule has 2 aliphatic rings. The molecule has 2 aliphatic carbocycles. The lowest BCUT2D eigenvalue weighted by atomic mass is 9.99. The van der Waals surface area contributed by atoms with Crippen molar-refractivity contribution in [1.82, 2.24) is 9.97 Å². The quantitative estimate of drug-likeness (QED) is 0.133. The monoisotopic (exact) mass is 596 g/mol. The van der Waals surface area contributed by atoms with Crippen molar-refractivity contribution in [2.75, 3.05) is 13.2 Å². The number of benzene rings is 2. The van der Waals surface area contributed by atoms with Gasteiger partial charge < -0.3 is 9.47 Å². The van der Waals surface area contributed by atoms with Crippen molar-refractivity contribution >= 4 is 23.1 Å². The molecule has 0 spiro atoms. The Morgan fingerprint density at radius 3 is 1.29 bits per heavy atom. The van der Waals surface area contributed by atoms with Gasteiger partial charge in [-0.05, 0) is 61.4 Å². The van der Waals surface area contributed by atoms with Gasteiger partial charge >= 0.3 is 24.3 Å². The fourth-order valence-electron chi connectivity index (χ4n) is 4.91. The number of ether oxygens (including phenoxy) is 2. The molecule has 0 bridgehead atoms. The van der Waals surface area contributed by atoms with Crippen molar-refractivity contribution in [3.8, 4) is 22.5 Å². The van der Waals surface area contributed by atoms with E-state index in [9.17, 15) is 44.7 Å². The predicted molar refractivity (Wildman–Crippen MR) is 130 cm³/mol. The summed E-state index contributed by atoms with van der Waals surface area (Å²) in [6, 6.07) is 5.20. The summed E-state index contributed by atoms with van der Waals surface area (Å²) >= 11 is 0. The lowest BCUT2D eigenvalue weighted by molar-refractivity contribution is -0.151. The molecule has 1 aromatic heterocycles. The van der Waals surface area contributed by atoms with Gasteiger partial charge in [0, 0.05) is 22.3 Å². The molecule has 0 N–H and O–H groups in total. The van der Waals surface area contributed by atoms with E-state index in [2.05, 4.69) is 19.4 Å². The number of hydrogen-bond acceptors (Lipinski definition) is 6. The van der Waals surface area contributed by atoms with Crippen LogP contribution in [0.15, 0.2) is 47.5 Å². The molecular weight excluding hydrogens is 580 g/mol. The molecule has 6 nitrogen and oxygen atoms in total. The van der Waals surface area contributed by atoms with E-state index in [1.54, 1.807) is 0 Å². The Morgan fingerprint density at radius 2 is 0.976 bits per heavy atom. The van der Waals surface area contributed by atoms with Gasteiger partial charge in [-0.1, -0.05) is 0 Å². The molecule has 0 radical (unpaired) electrons. The van der Waals surface area contributed by atoms with E-state index in [1.165, 1.54) is 13.8 Å². The molecule has 14 heteroatoms. The van der Waals surface area contributed by atoms with Crippen molar-refractivity contribution in [1.29, 1.82) is 0 Å². The number of nitrogens with zero attached hydrogens (tertiary/aromatic N) is 2. The molecule has 2 aromatic carbocycles. The van der Waals surface area contributed by atoms with E-state index in [0.717, 1.165) is 24.3 Å². The first-order valence-corrected chi connectivity index (χ1v) is 12.2. The van der Waals surface area contributed by atoms with Gasteiger partial charge in [-0.2, -0.15) is 26.3 Å². The van der Waals surface area contributed by atoms with E-state index in [1.807, 2.05) is 0 Å². The van der Waals surface area contributed by atoms with Gasteiger partial charge in [0.25, 0.3) is 0 Å². The van der Waals surface area contributed by atoms with E-state index < -0.39 is 105 Å². The normalized spacial score (nSPS) is 15.9. The van der Waals surface area contributed by atoms with Crippen LogP contribution in [0.25, 0.3) is 33.7 Å². The van der Waals surface area contributed by atoms with Crippen LogP contribution in [0.1, 0.15) is 36.4 Å². The highest BCUT2D eigenvalue weighted by atomic mass is 19.4. The summed E-state index contributed by atoms with van der Waals surface area (Å²) in [5.74, 6) is -5.56. The molecule has 0 saturated carbocycles. The number of hydrogen-bond donors (Lipinski definition) is 0. The third-order valence-corrected chi connectivity index (χ3v) is 6.41. The summed E-state index contributed by atoms with van der Waals surface area (Å²) in [4.78, 5) is 33.5. The Hall–Kier alpha value is -4.62. The smallest absolute Gasteiger partial charge is 0.424 e. The maximum Gasteiger partial charge on any atom is 0.424 e. The van der Waals surface area contributed by atoms with Crippen LogP contribution >= 0.6 is 0 Å². The van der Waals surface area contributed by atoms with Gasteiger partial charge in [0.05, 0.1) is 36.0 Å². The van der Waals surface area contributed by atoms with Crippen molar-refractivity contribution < 1.29 is 54.2 Å². The first kappa shape index (κ1) is 28.9. The van der Waals surface area contributed by atoms with Gasteiger partial charge in [-0.3, -0.25) is 0 Å². The van der Waals surface area contributed by atoms with E-state index in [4.69, 9.17) is 0 Å². The van der Waals surface area contributed by atoms with Crippen LogP contribution in [0, 0.1) is 11.6 Å². The average Bonchev–Trinajstić information content (AvgIpc) is 3.33. The summed E-state index contributed by atoms with van der Waals surface area (Å²) in [6.07, 6.45) is -10.7. The molecule has 0 unspecified atom stereocenters. The average molecular weight is 596 g/mol. The molecule has 3 aromatic rings. The zero-order valence-corrected chi connectivity index (χ0v) is 21.4. The Bertz CT molecular complexity index is 1610. The Labute approximate surface area is 231 Å². The molecule has 1 heterocycles. The largest absolute Gasteiger partial charge is 0.462 e. The van der Waals surface area contributed by atoms with Crippen molar-refractivity contribution in [2.24, 2.45) is 0 Å². The first-order chi connectivity index (χ1) is 19.7. The van der Waals surface area contributed by atoms with E-state index in [-0.39, 0.29) is 11.1 Å². The highest BCUT2D eigenvalue weighted by molar-refractivity contribution is 6.13. The summed E-state index contributed by atoms with van der Waals surface area (Å²) in [6.45, 7) is 1.66. The fraction of sp³-hybridized carbons (Fsp3) is 0.214. The summed E-state index contributed by atoms with van der Waals surface area (Å²) in [7, 11) is 0. The summed E-state index contributed by atoms with van der Waals surface area (Å²) < 4.78 is 124. The molecule has 0 saturated heterocycles. The van der Waals surface area contributed by atoms with Gasteiger partial charge in [0.1, 0.15) is 11.6 Å². The number of carbonyl (C=O) groups is 2. The van der Waals surface area contributed by atoms with Crippen LogP contribution in [0.4, 0.5) is 35.1 Å². The molecule has 5 rings (SSSR count). The Kier molecular flexibility index (Phi) is 6.90. The Balaban J connectivity index is 1.95. The van der Waals surface area contributed by atoms with Crippen LogP contribution in [-0.2, 0) is 19.1 Å². The lowest BCUT2D eigenvalue weighted by Crippen LogP contribution is -2.24. The van der Waals surface area contributed by atoms with Crippen LogP contribution in [0.3, 0.4) is 0 Å². The highest BCUT2D eigenvalue weighted by Gasteiger charge is 2.49. The number of halogens is 8. The number of rotatable bonds is 4. The second-order valence-corrected chi connectivity index (χ2v) is 8.93. The number of alkyl halides is 6. The van der Waals surface area contributed by atoms with Gasteiger partial charge in [0.15, 0.2) is 11.1 Å². The Morgan fingerprint density at radius 1 is 0.619 bits per heavy atom. The maximum atomic E-state index is 14.3. The van der Waals surface area contributed by atoms with Crippen molar-refractivity contribution in [2.45, 2.75) is 26.2 Å². The topological polar surface area (TPSA) is 78.4 Å². The summed E-state index contributed by atoms with van der Waals surface area (Å²) in [5, 5.41) is 0. The molecule has 0 fully saturated rings. The van der Waals surface area contributed by atoms with Gasteiger partial charge in [-0.25, -0.2) is 28.3 Å². The number of fused-ring (bicyclic) bond motifs is 6. The zero-order valence-electron chi connectivity index (χ0n) is 21.4. The lowest BCUT2D eigenvalue weighted by Gasteiger charge is -2.16. The number of esters is 2. The highest BCUT2D eigenvalue weighted by Crippen LogP contribution is 2.53. The molecule has 218 valence electrons. The van der Waals surface area contributed by atoms with Crippen molar-refractivity contribution in [3.63, 3.8) is 0 Å². The first-order valence-electron chi connectivity index (χ1n) is 12.2. The van der Waals surface area contributed by atoms with Crippen LogP contribution in [0.2, 0.25) is 0 Å². The van der Waals surface area contributed by atoms with Crippen LogP contribution < -0.4 is 0 Å². The third kappa shape index (κ3) is 4.60. The van der Waals surface area contributed by atoms with Crippen LogP contribution in [0.5, 0.6) is 0 Å². The third-order valence-electron chi connectivity index (χ3n) is 6.41. The fourth-order valence-corrected chi connectivity index (χ4v) is 4.91. The minimum Gasteiger partial charge on any atom is -0.462 e. The molecule has 42 heavy (non-hydrogen) atoms. The standard InChI is InChI=1S/C28H16F8N2O4/c1-3-41-25(39)19(27(31,32)33)17-15-9-11(29)5-7-13(15)21-23(17)37-22-14-8-6-12(30)10-16(14)18(24(22)38-21)20(28(34,35)36)26(40)42-4-2/h5-10H,3-4H2,1-2H3/b19-17-,20-18+. The zero-order chi connectivity index (χ0) is 30.7. The molecule has 0 atom stereocenters. The van der Waals surface area contributed by atoms with Crippen molar-refractivity contribution in [3.05, 3.63) is 81.7 Å². The van der Waals surface area contributed by atoms with Gasteiger partial charge in [-0.15, -0.1) is 0 Å². The molecular formula is C28H16F8N2O4.